The number of carbonyl (C=O) groups is 2. The number of methoxy groups -OCH3 is 1. The van der Waals surface area contributed by atoms with Crippen LogP contribution in [0.3, 0.4) is 0 Å². The molecule has 2 heterocycles. The molecule has 2 aromatic carbocycles. The highest BCUT2D eigenvalue weighted by atomic mass is 16.6. The van der Waals surface area contributed by atoms with Gasteiger partial charge in [-0.2, -0.15) is 0 Å². The van der Waals surface area contributed by atoms with E-state index < -0.39 is 11.2 Å². The van der Waals surface area contributed by atoms with Crippen LogP contribution in [0.15, 0.2) is 42.6 Å². The second-order valence-corrected chi connectivity index (χ2v) is 13.7. The molecule has 7 nitrogen and oxygen atoms in total. The number of esters is 1. The summed E-state index contributed by atoms with van der Waals surface area (Å²) < 4.78 is 18.3. The SMILES string of the molecule is COCCN1CC[C@@H](Cc2c(C)cc(C)c3c2ccn3C(=O)OC(C)(C)C)[C@H](c2ccc(C(=O)OC(C)(C)C)cc2)C1. The van der Waals surface area contributed by atoms with Crippen molar-refractivity contribution < 1.29 is 23.8 Å². The third-order valence-corrected chi connectivity index (χ3v) is 7.98. The zero-order valence-corrected chi connectivity index (χ0v) is 26.9. The summed E-state index contributed by atoms with van der Waals surface area (Å²) in [7, 11) is 1.74. The number of piperidine rings is 1. The Morgan fingerprint density at radius 1 is 0.929 bits per heavy atom. The summed E-state index contributed by atoms with van der Waals surface area (Å²) in [4.78, 5) is 28.2. The highest BCUT2D eigenvalue weighted by Crippen LogP contribution is 2.38. The molecule has 7 heteroatoms. The second kappa shape index (κ2) is 12.6. The molecule has 1 aliphatic heterocycles. The Morgan fingerprint density at radius 3 is 2.21 bits per heavy atom. The maximum atomic E-state index is 13.1. The van der Waals surface area contributed by atoms with Gasteiger partial charge in [-0.15, -0.1) is 0 Å². The van der Waals surface area contributed by atoms with Crippen molar-refractivity contribution in [1.82, 2.24) is 9.47 Å². The summed E-state index contributed by atoms with van der Waals surface area (Å²) >= 11 is 0. The van der Waals surface area contributed by atoms with E-state index in [1.54, 1.807) is 11.7 Å². The molecule has 0 saturated carbocycles. The van der Waals surface area contributed by atoms with Crippen molar-refractivity contribution in [2.24, 2.45) is 5.92 Å². The van der Waals surface area contributed by atoms with E-state index in [4.69, 9.17) is 14.2 Å². The Balaban J connectivity index is 1.66. The minimum absolute atomic E-state index is 0.284. The van der Waals surface area contributed by atoms with E-state index in [0.29, 0.717) is 18.1 Å². The molecule has 2 atom stereocenters. The van der Waals surface area contributed by atoms with Crippen molar-refractivity contribution in [3.63, 3.8) is 0 Å². The van der Waals surface area contributed by atoms with Crippen LogP contribution in [0.25, 0.3) is 10.9 Å². The minimum Gasteiger partial charge on any atom is -0.456 e. The molecule has 0 amide bonds. The summed E-state index contributed by atoms with van der Waals surface area (Å²) in [5.41, 5.74) is 5.18. The van der Waals surface area contributed by atoms with Gasteiger partial charge in [-0.25, -0.2) is 9.59 Å². The van der Waals surface area contributed by atoms with Gasteiger partial charge in [0.25, 0.3) is 0 Å². The third kappa shape index (κ3) is 7.61. The van der Waals surface area contributed by atoms with Crippen molar-refractivity contribution in [3.8, 4) is 0 Å². The number of hydrogen-bond acceptors (Lipinski definition) is 6. The van der Waals surface area contributed by atoms with Crippen LogP contribution >= 0.6 is 0 Å². The Labute approximate surface area is 251 Å². The average Bonchev–Trinajstić information content (AvgIpc) is 3.34. The standard InChI is InChI=1S/C35H48N2O5/c1-23-20-24(2)31-28(15-17-37(31)33(39)42-35(6,7)8)29(23)21-27-14-16-36(18-19-40-9)22-30(27)25-10-12-26(13-11-25)32(38)41-34(3,4)5/h10-13,15,17,20,27,30H,14,16,18-19,21-22H2,1-9H3/t27-,30-/m0/s1. The summed E-state index contributed by atoms with van der Waals surface area (Å²) in [5.74, 6) is 0.376. The van der Waals surface area contributed by atoms with Crippen LogP contribution in [-0.2, 0) is 20.6 Å². The lowest BCUT2D eigenvalue weighted by Gasteiger charge is -2.39. The lowest BCUT2D eigenvalue weighted by Crippen LogP contribution is -2.41. The summed E-state index contributed by atoms with van der Waals surface area (Å²) in [6.45, 7) is 19.1. The number of hydrogen-bond donors (Lipinski definition) is 0. The number of fused-ring (bicyclic) bond motifs is 1. The van der Waals surface area contributed by atoms with Gasteiger partial charge in [-0.05, 0) is 127 Å². The molecule has 1 aromatic heterocycles. The van der Waals surface area contributed by atoms with Crippen LogP contribution < -0.4 is 0 Å². The molecule has 42 heavy (non-hydrogen) atoms. The number of nitrogens with zero attached hydrogens (tertiary/aromatic N) is 2. The summed E-state index contributed by atoms with van der Waals surface area (Å²) in [6, 6.07) is 12.2. The van der Waals surface area contributed by atoms with Gasteiger partial charge in [0.1, 0.15) is 11.2 Å². The lowest BCUT2D eigenvalue weighted by atomic mass is 9.76. The van der Waals surface area contributed by atoms with Crippen LogP contribution in [0, 0.1) is 19.8 Å². The van der Waals surface area contributed by atoms with Crippen LogP contribution in [0.1, 0.15) is 86.5 Å². The molecule has 0 aliphatic carbocycles. The number of aryl methyl sites for hydroxylation is 2. The molecule has 3 aromatic rings. The summed E-state index contributed by atoms with van der Waals surface area (Å²) in [6.07, 6.45) is 3.43. The topological polar surface area (TPSA) is 70.0 Å². The predicted octanol–water partition coefficient (Wildman–Crippen LogP) is 7.29. The smallest absolute Gasteiger partial charge is 0.418 e. The zero-order chi connectivity index (χ0) is 30.8. The van der Waals surface area contributed by atoms with Crippen molar-refractivity contribution in [2.45, 2.75) is 85.4 Å². The Hall–Kier alpha value is -3.16. The van der Waals surface area contributed by atoms with Gasteiger partial charge in [-0.3, -0.25) is 4.57 Å². The maximum absolute atomic E-state index is 13.1. The van der Waals surface area contributed by atoms with Gasteiger partial charge in [0.15, 0.2) is 0 Å². The van der Waals surface area contributed by atoms with Crippen LogP contribution in [-0.4, -0.2) is 66.1 Å². The molecule has 0 spiro atoms. The van der Waals surface area contributed by atoms with Gasteiger partial charge in [0, 0.05) is 31.8 Å². The second-order valence-electron chi connectivity index (χ2n) is 13.7. The number of likely N-dealkylation sites (tertiary alicyclic amines) is 1. The molecule has 1 saturated heterocycles. The van der Waals surface area contributed by atoms with E-state index in [2.05, 4.69) is 43.0 Å². The molecule has 0 N–H and O–H groups in total. The minimum atomic E-state index is -0.571. The number of ether oxygens (including phenoxy) is 3. The van der Waals surface area contributed by atoms with Crippen molar-refractivity contribution >= 4 is 23.0 Å². The Kier molecular flexibility index (Phi) is 9.53. The van der Waals surface area contributed by atoms with Gasteiger partial charge >= 0.3 is 12.1 Å². The van der Waals surface area contributed by atoms with Gasteiger partial charge in [0.05, 0.1) is 17.7 Å². The number of carbonyl (C=O) groups excluding carboxylic acids is 2. The van der Waals surface area contributed by atoms with E-state index in [0.717, 1.165) is 48.9 Å². The fraction of sp³-hybridized carbons (Fsp3) is 0.543. The molecule has 4 rings (SSSR count). The van der Waals surface area contributed by atoms with Crippen LogP contribution in [0.5, 0.6) is 0 Å². The van der Waals surface area contributed by atoms with Gasteiger partial charge in [0.2, 0.25) is 0 Å². The van der Waals surface area contributed by atoms with Gasteiger partial charge in [-0.1, -0.05) is 18.2 Å². The van der Waals surface area contributed by atoms with Crippen molar-refractivity contribution in [2.75, 3.05) is 33.4 Å². The molecule has 0 radical (unpaired) electrons. The van der Waals surface area contributed by atoms with E-state index in [9.17, 15) is 9.59 Å². The number of rotatable bonds is 7. The van der Waals surface area contributed by atoms with Crippen LogP contribution in [0.4, 0.5) is 4.79 Å². The first-order valence-electron chi connectivity index (χ1n) is 15.0. The molecule has 0 unspecified atom stereocenters. The highest BCUT2D eigenvalue weighted by molar-refractivity contribution is 5.94. The number of aromatic nitrogens is 1. The van der Waals surface area contributed by atoms with E-state index in [1.807, 2.05) is 59.9 Å². The average molecular weight is 577 g/mol. The first-order chi connectivity index (χ1) is 19.7. The van der Waals surface area contributed by atoms with E-state index >= 15 is 0 Å². The maximum Gasteiger partial charge on any atom is 0.418 e. The fourth-order valence-corrected chi connectivity index (χ4v) is 6.08. The summed E-state index contributed by atoms with van der Waals surface area (Å²) in [5, 5.41) is 1.11. The van der Waals surface area contributed by atoms with E-state index in [-0.39, 0.29) is 18.0 Å². The zero-order valence-electron chi connectivity index (χ0n) is 26.9. The molecular weight excluding hydrogens is 528 g/mol. The van der Waals surface area contributed by atoms with Crippen molar-refractivity contribution in [3.05, 3.63) is 70.4 Å². The first kappa shape index (κ1) is 31.8. The lowest BCUT2D eigenvalue weighted by molar-refractivity contribution is 0.00691. The predicted molar refractivity (Wildman–Crippen MR) is 168 cm³/mol. The van der Waals surface area contributed by atoms with Gasteiger partial charge < -0.3 is 19.1 Å². The quantitative estimate of drug-likeness (QED) is 0.275. The Morgan fingerprint density at radius 2 is 1.60 bits per heavy atom. The molecule has 0 bridgehead atoms. The molecule has 1 fully saturated rings. The normalized spacial score (nSPS) is 18.3. The number of benzene rings is 2. The molecular formula is C35H48N2O5. The first-order valence-corrected chi connectivity index (χ1v) is 15.0. The molecule has 1 aliphatic rings. The van der Waals surface area contributed by atoms with Crippen molar-refractivity contribution in [1.29, 1.82) is 0 Å². The fourth-order valence-electron chi connectivity index (χ4n) is 6.08. The third-order valence-electron chi connectivity index (χ3n) is 7.98. The van der Waals surface area contributed by atoms with E-state index in [1.165, 1.54) is 16.7 Å². The Bertz CT molecular complexity index is 1410. The highest BCUT2D eigenvalue weighted by Gasteiger charge is 2.32. The monoisotopic (exact) mass is 576 g/mol. The molecule has 228 valence electrons. The van der Waals surface area contributed by atoms with Crippen LogP contribution in [0.2, 0.25) is 0 Å². The largest absolute Gasteiger partial charge is 0.456 e.